The molecule has 1 aliphatic rings. The summed E-state index contributed by atoms with van der Waals surface area (Å²) in [4.78, 5) is 16.1. The summed E-state index contributed by atoms with van der Waals surface area (Å²) in [7, 11) is 0. The maximum Gasteiger partial charge on any atom is 0.337 e. The number of aromatic carboxylic acids is 1. The fraction of sp³-hybridized carbons (Fsp3) is 0.217. The molecule has 0 spiro atoms. The lowest BCUT2D eigenvalue weighted by atomic mass is 10.1. The molecule has 0 bridgehead atoms. The largest absolute Gasteiger partial charge is 0.490 e. The van der Waals surface area contributed by atoms with Crippen LogP contribution < -0.4 is 10.1 Å². The lowest BCUT2D eigenvalue weighted by Gasteiger charge is -2.13. The number of aromatic nitrogens is 1. The molecule has 3 aromatic rings. The molecule has 2 N–H and O–H groups in total. The van der Waals surface area contributed by atoms with E-state index in [1.807, 2.05) is 50.2 Å². The molecular weight excluding hydrogens is 352 g/mol. The van der Waals surface area contributed by atoms with E-state index >= 15 is 0 Å². The van der Waals surface area contributed by atoms with Gasteiger partial charge in [-0.3, -0.25) is 4.98 Å². The van der Waals surface area contributed by atoms with Gasteiger partial charge in [0.25, 0.3) is 0 Å². The van der Waals surface area contributed by atoms with E-state index in [0.717, 1.165) is 46.7 Å². The summed E-state index contributed by atoms with van der Waals surface area (Å²) in [5.74, 6) is -0.0888. The van der Waals surface area contributed by atoms with Crippen molar-refractivity contribution in [2.75, 3.05) is 5.32 Å². The van der Waals surface area contributed by atoms with Gasteiger partial charge in [0.2, 0.25) is 0 Å². The predicted molar refractivity (Wildman–Crippen MR) is 109 cm³/mol. The Kier molecular flexibility index (Phi) is 4.74. The van der Waals surface area contributed by atoms with Crippen LogP contribution in [0.15, 0.2) is 54.7 Å². The van der Waals surface area contributed by atoms with Gasteiger partial charge in [-0.25, -0.2) is 4.79 Å². The Labute approximate surface area is 164 Å². The fourth-order valence-corrected chi connectivity index (χ4v) is 3.14. The topological polar surface area (TPSA) is 71.5 Å². The molecule has 1 saturated carbocycles. The average molecular weight is 374 g/mol. The normalized spacial score (nSPS) is 13.2. The minimum atomic E-state index is -0.958. The maximum absolute atomic E-state index is 11.5. The molecule has 142 valence electrons. The highest BCUT2D eigenvalue weighted by Crippen LogP contribution is 2.31. The highest BCUT2D eigenvalue weighted by Gasteiger charge is 2.23. The van der Waals surface area contributed by atoms with Crippen molar-refractivity contribution in [1.29, 1.82) is 0 Å². The first-order valence-electron chi connectivity index (χ1n) is 9.34. The second kappa shape index (κ2) is 7.35. The van der Waals surface area contributed by atoms with Gasteiger partial charge >= 0.3 is 5.97 Å². The van der Waals surface area contributed by atoms with Crippen LogP contribution in [0.2, 0.25) is 0 Å². The van der Waals surface area contributed by atoms with Crippen LogP contribution >= 0.6 is 0 Å². The van der Waals surface area contributed by atoms with E-state index in [9.17, 15) is 9.90 Å². The Balaban J connectivity index is 1.59. The molecule has 0 radical (unpaired) electrons. The molecule has 1 fully saturated rings. The van der Waals surface area contributed by atoms with Crippen LogP contribution in [0.3, 0.4) is 0 Å². The number of aryl methyl sites for hydroxylation is 2. The van der Waals surface area contributed by atoms with Crippen molar-refractivity contribution in [3.63, 3.8) is 0 Å². The zero-order valence-electron chi connectivity index (χ0n) is 15.9. The Bertz CT molecular complexity index is 1040. The fourth-order valence-electron chi connectivity index (χ4n) is 3.14. The number of carbonyl (C=O) groups is 1. The third kappa shape index (κ3) is 3.98. The molecule has 1 heterocycles. The Morgan fingerprint density at radius 3 is 2.68 bits per heavy atom. The first-order valence-corrected chi connectivity index (χ1v) is 9.34. The number of anilines is 2. The van der Waals surface area contributed by atoms with Crippen molar-refractivity contribution in [3.8, 4) is 17.0 Å². The van der Waals surface area contributed by atoms with E-state index in [-0.39, 0.29) is 5.56 Å². The number of nitrogens with one attached hydrogen (secondary N) is 1. The second-order valence-corrected chi connectivity index (χ2v) is 7.21. The molecule has 1 aromatic heterocycles. The highest BCUT2D eigenvalue weighted by molar-refractivity contribution is 5.95. The molecule has 0 amide bonds. The second-order valence-electron chi connectivity index (χ2n) is 7.21. The summed E-state index contributed by atoms with van der Waals surface area (Å²) in [6.07, 6.45) is 4.33. The first-order chi connectivity index (χ1) is 13.5. The maximum atomic E-state index is 11.5. The summed E-state index contributed by atoms with van der Waals surface area (Å²) in [5.41, 5.74) is 5.33. The lowest BCUT2D eigenvalue weighted by molar-refractivity contribution is 0.0698. The first kappa shape index (κ1) is 18.0. The van der Waals surface area contributed by atoms with Crippen molar-refractivity contribution < 1.29 is 14.6 Å². The Morgan fingerprint density at radius 2 is 1.96 bits per heavy atom. The van der Waals surface area contributed by atoms with Crippen LogP contribution in [-0.2, 0) is 0 Å². The third-order valence-corrected chi connectivity index (χ3v) is 4.70. The minimum absolute atomic E-state index is 0.242. The van der Waals surface area contributed by atoms with Crippen LogP contribution in [0.4, 0.5) is 11.4 Å². The number of rotatable bonds is 6. The summed E-state index contributed by atoms with van der Waals surface area (Å²) in [6.45, 7) is 3.87. The van der Waals surface area contributed by atoms with Gasteiger partial charge in [0.05, 0.1) is 34.9 Å². The standard InChI is InChI=1S/C23H22N2O3/c1-14-6-9-21(20(10-14)23(26)27)25-17-11-15(2)22(24-13-17)16-4-3-5-19(12-16)28-18-7-8-18/h3-6,9-13,18,25H,7-8H2,1-2H3,(H,26,27). The number of benzene rings is 2. The van der Waals surface area contributed by atoms with Crippen molar-refractivity contribution in [2.24, 2.45) is 0 Å². The number of hydrogen-bond acceptors (Lipinski definition) is 4. The zero-order valence-corrected chi connectivity index (χ0v) is 15.9. The molecule has 0 atom stereocenters. The van der Waals surface area contributed by atoms with Gasteiger partial charge < -0.3 is 15.2 Å². The van der Waals surface area contributed by atoms with E-state index < -0.39 is 5.97 Å². The average Bonchev–Trinajstić information content (AvgIpc) is 3.47. The SMILES string of the molecule is Cc1ccc(Nc2cnc(-c3cccc(OC4CC4)c3)c(C)c2)c(C(=O)O)c1. The molecular formula is C23H22N2O3. The van der Waals surface area contributed by atoms with E-state index in [1.54, 1.807) is 18.3 Å². The summed E-state index contributed by atoms with van der Waals surface area (Å²) in [6, 6.07) is 15.3. The zero-order chi connectivity index (χ0) is 19.7. The number of ether oxygens (including phenoxy) is 1. The minimum Gasteiger partial charge on any atom is -0.490 e. The molecule has 0 unspecified atom stereocenters. The molecule has 0 saturated heterocycles. The molecule has 1 aliphatic carbocycles. The Hall–Kier alpha value is -3.34. The number of carboxylic acids is 1. The van der Waals surface area contributed by atoms with E-state index in [0.29, 0.717) is 11.8 Å². The molecule has 0 aliphatic heterocycles. The van der Waals surface area contributed by atoms with Crippen molar-refractivity contribution in [1.82, 2.24) is 4.98 Å². The molecule has 5 heteroatoms. The third-order valence-electron chi connectivity index (χ3n) is 4.70. The van der Waals surface area contributed by atoms with Gasteiger partial charge in [0, 0.05) is 5.56 Å². The van der Waals surface area contributed by atoms with Crippen molar-refractivity contribution in [3.05, 3.63) is 71.4 Å². The van der Waals surface area contributed by atoms with Gasteiger partial charge in [0.1, 0.15) is 5.75 Å². The van der Waals surface area contributed by atoms with E-state index in [1.165, 1.54) is 0 Å². The van der Waals surface area contributed by atoms with Gasteiger partial charge in [0.15, 0.2) is 0 Å². The monoisotopic (exact) mass is 374 g/mol. The number of pyridine rings is 1. The summed E-state index contributed by atoms with van der Waals surface area (Å²) >= 11 is 0. The summed E-state index contributed by atoms with van der Waals surface area (Å²) in [5, 5.41) is 12.6. The van der Waals surface area contributed by atoms with E-state index in [4.69, 9.17) is 4.74 Å². The lowest BCUT2D eigenvalue weighted by Crippen LogP contribution is -2.04. The highest BCUT2D eigenvalue weighted by atomic mass is 16.5. The summed E-state index contributed by atoms with van der Waals surface area (Å²) < 4.78 is 5.88. The quantitative estimate of drug-likeness (QED) is 0.609. The van der Waals surface area contributed by atoms with Gasteiger partial charge in [-0.05, 0) is 62.6 Å². The molecule has 28 heavy (non-hydrogen) atoms. The Morgan fingerprint density at radius 1 is 1.14 bits per heavy atom. The molecule has 4 rings (SSSR count). The van der Waals surface area contributed by atoms with Crippen LogP contribution in [-0.4, -0.2) is 22.2 Å². The van der Waals surface area contributed by atoms with Gasteiger partial charge in [-0.15, -0.1) is 0 Å². The molecule has 2 aromatic carbocycles. The van der Waals surface area contributed by atoms with Gasteiger partial charge in [-0.2, -0.15) is 0 Å². The predicted octanol–water partition coefficient (Wildman–Crippen LogP) is 5.35. The number of hydrogen-bond donors (Lipinski definition) is 2. The van der Waals surface area contributed by atoms with Crippen LogP contribution in [0.25, 0.3) is 11.3 Å². The molecule has 5 nitrogen and oxygen atoms in total. The van der Waals surface area contributed by atoms with Gasteiger partial charge in [-0.1, -0.05) is 23.8 Å². The van der Waals surface area contributed by atoms with E-state index in [2.05, 4.69) is 10.3 Å². The van der Waals surface area contributed by atoms with Crippen molar-refractivity contribution >= 4 is 17.3 Å². The van der Waals surface area contributed by atoms with Crippen molar-refractivity contribution in [2.45, 2.75) is 32.8 Å². The van der Waals surface area contributed by atoms with Crippen LogP contribution in [0.1, 0.15) is 34.3 Å². The van der Waals surface area contributed by atoms with Crippen LogP contribution in [0.5, 0.6) is 5.75 Å². The smallest absolute Gasteiger partial charge is 0.337 e. The number of carboxylic acid groups (broad SMARTS) is 1. The van der Waals surface area contributed by atoms with Crippen LogP contribution in [0, 0.1) is 13.8 Å². The number of nitrogens with zero attached hydrogens (tertiary/aromatic N) is 1.